The molecule has 0 unspecified atom stereocenters. The largest absolute Gasteiger partial charge is 0.494 e. The summed E-state index contributed by atoms with van der Waals surface area (Å²) in [4.78, 5) is 0. The average Bonchev–Trinajstić information content (AvgIpc) is 2.37. The standard InChI is InChI=1S/C14H11F3N2OS/c1-20-13-3-2-10(7-12(13)17)18-14(21)19-11-5-8(15)4-9(16)6-11/h2-7H,1H3,(H2,18,19,21). The van der Waals surface area contributed by atoms with E-state index in [0.29, 0.717) is 5.69 Å². The topological polar surface area (TPSA) is 33.3 Å². The van der Waals surface area contributed by atoms with Crippen LogP contribution in [0.15, 0.2) is 36.4 Å². The first-order valence-electron chi connectivity index (χ1n) is 5.85. The van der Waals surface area contributed by atoms with Crippen molar-refractivity contribution in [2.24, 2.45) is 0 Å². The lowest BCUT2D eigenvalue weighted by atomic mass is 10.3. The van der Waals surface area contributed by atoms with E-state index in [2.05, 4.69) is 10.6 Å². The summed E-state index contributed by atoms with van der Waals surface area (Å²) in [5, 5.41) is 5.38. The van der Waals surface area contributed by atoms with E-state index in [-0.39, 0.29) is 16.5 Å². The van der Waals surface area contributed by atoms with Gasteiger partial charge in [0, 0.05) is 23.5 Å². The van der Waals surface area contributed by atoms with E-state index in [4.69, 9.17) is 17.0 Å². The third-order valence-corrected chi connectivity index (χ3v) is 2.73. The molecule has 0 radical (unpaired) electrons. The maximum Gasteiger partial charge on any atom is 0.175 e. The number of hydrogen-bond donors (Lipinski definition) is 2. The van der Waals surface area contributed by atoms with E-state index < -0.39 is 17.5 Å². The van der Waals surface area contributed by atoms with Gasteiger partial charge in [-0.25, -0.2) is 13.2 Å². The van der Waals surface area contributed by atoms with Gasteiger partial charge < -0.3 is 15.4 Å². The highest BCUT2D eigenvalue weighted by Crippen LogP contribution is 2.21. The number of rotatable bonds is 3. The van der Waals surface area contributed by atoms with E-state index in [9.17, 15) is 13.2 Å². The van der Waals surface area contributed by atoms with Gasteiger partial charge in [-0.3, -0.25) is 0 Å². The van der Waals surface area contributed by atoms with Gasteiger partial charge in [-0.2, -0.15) is 0 Å². The van der Waals surface area contributed by atoms with Gasteiger partial charge in [-0.1, -0.05) is 0 Å². The van der Waals surface area contributed by atoms with Crippen molar-refractivity contribution in [2.45, 2.75) is 0 Å². The second kappa shape index (κ2) is 6.45. The van der Waals surface area contributed by atoms with Crippen molar-refractivity contribution >= 4 is 28.7 Å². The number of nitrogens with one attached hydrogen (secondary N) is 2. The fraction of sp³-hybridized carbons (Fsp3) is 0.0714. The van der Waals surface area contributed by atoms with Crippen molar-refractivity contribution in [1.29, 1.82) is 0 Å². The molecule has 0 aliphatic heterocycles. The van der Waals surface area contributed by atoms with Crippen LogP contribution < -0.4 is 15.4 Å². The van der Waals surface area contributed by atoms with Crippen molar-refractivity contribution in [2.75, 3.05) is 17.7 Å². The van der Waals surface area contributed by atoms with Gasteiger partial charge in [0.1, 0.15) is 11.6 Å². The first-order valence-corrected chi connectivity index (χ1v) is 6.26. The molecule has 2 aromatic rings. The summed E-state index contributed by atoms with van der Waals surface area (Å²) in [6.07, 6.45) is 0. The summed E-state index contributed by atoms with van der Waals surface area (Å²) in [6.45, 7) is 0. The van der Waals surface area contributed by atoms with Gasteiger partial charge in [0.25, 0.3) is 0 Å². The molecule has 2 rings (SSSR count). The zero-order valence-electron chi connectivity index (χ0n) is 10.9. The number of hydrogen-bond acceptors (Lipinski definition) is 2. The van der Waals surface area contributed by atoms with E-state index in [1.54, 1.807) is 6.07 Å². The number of benzene rings is 2. The SMILES string of the molecule is COc1ccc(NC(=S)Nc2cc(F)cc(F)c2)cc1F. The molecule has 0 heterocycles. The Kier molecular flexibility index (Phi) is 4.64. The van der Waals surface area contributed by atoms with E-state index in [0.717, 1.165) is 18.2 Å². The highest BCUT2D eigenvalue weighted by Gasteiger charge is 2.06. The van der Waals surface area contributed by atoms with Gasteiger partial charge in [0.15, 0.2) is 16.7 Å². The molecular weight excluding hydrogens is 301 g/mol. The lowest BCUT2D eigenvalue weighted by molar-refractivity contribution is 0.387. The Morgan fingerprint density at radius 3 is 2.14 bits per heavy atom. The maximum atomic E-state index is 13.5. The van der Waals surface area contributed by atoms with Crippen molar-refractivity contribution in [3.8, 4) is 5.75 Å². The van der Waals surface area contributed by atoms with Gasteiger partial charge in [0.2, 0.25) is 0 Å². The molecule has 0 saturated carbocycles. The predicted molar refractivity (Wildman–Crippen MR) is 79.2 cm³/mol. The van der Waals surface area contributed by atoms with Crippen molar-refractivity contribution in [1.82, 2.24) is 0 Å². The highest BCUT2D eigenvalue weighted by molar-refractivity contribution is 7.80. The molecule has 0 saturated heterocycles. The van der Waals surface area contributed by atoms with Crippen molar-refractivity contribution < 1.29 is 17.9 Å². The first kappa shape index (κ1) is 15.1. The van der Waals surface area contributed by atoms with Crippen LogP contribution in [-0.4, -0.2) is 12.2 Å². The smallest absolute Gasteiger partial charge is 0.175 e. The normalized spacial score (nSPS) is 10.1. The molecule has 0 aliphatic rings. The highest BCUT2D eigenvalue weighted by atomic mass is 32.1. The quantitative estimate of drug-likeness (QED) is 0.842. The summed E-state index contributed by atoms with van der Waals surface area (Å²) in [5.74, 6) is -1.90. The van der Waals surface area contributed by atoms with Crippen LogP contribution in [0.1, 0.15) is 0 Å². The minimum absolute atomic E-state index is 0.0737. The van der Waals surface area contributed by atoms with Crippen molar-refractivity contribution in [3.05, 3.63) is 53.8 Å². The lowest BCUT2D eigenvalue weighted by Gasteiger charge is -2.11. The second-order valence-corrected chi connectivity index (χ2v) is 4.49. The fourth-order valence-corrected chi connectivity index (χ4v) is 1.90. The average molecular weight is 312 g/mol. The maximum absolute atomic E-state index is 13.5. The molecule has 0 amide bonds. The first-order chi connectivity index (χ1) is 9.97. The second-order valence-electron chi connectivity index (χ2n) is 4.09. The van der Waals surface area contributed by atoms with Crippen LogP contribution in [0.25, 0.3) is 0 Å². The zero-order valence-corrected chi connectivity index (χ0v) is 11.7. The van der Waals surface area contributed by atoms with Crippen LogP contribution in [0.3, 0.4) is 0 Å². The molecule has 2 N–H and O–H groups in total. The Morgan fingerprint density at radius 1 is 0.952 bits per heavy atom. The molecule has 0 bridgehead atoms. The molecular formula is C14H11F3N2OS. The molecule has 21 heavy (non-hydrogen) atoms. The van der Waals surface area contributed by atoms with Crippen LogP contribution in [0, 0.1) is 17.5 Å². The molecule has 0 spiro atoms. The van der Waals surface area contributed by atoms with Crippen molar-refractivity contribution in [3.63, 3.8) is 0 Å². The van der Waals surface area contributed by atoms with Crippen LogP contribution in [0.2, 0.25) is 0 Å². The monoisotopic (exact) mass is 312 g/mol. The summed E-state index contributed by atoms with van der Waals surface area (Å²) < 4.78 is 44.4. The third-order valence-electron chi connectivity index (χ3n) is 2.53. The van der Waals surface area contributed by atoms with Gasteiger partial charge in [-0.05, 0) is 36.5 Å². The lowest BCUT2D eigenvalue weighted by Crippen LogP contribution is -2.19. The Morgan fingerprint density at radius 2 is 1.57 bits per heavy atom. The van der Waals surface area contributed by atoms with E-state index >= 15 is 0 Å². The molecule has 7 heteroatoms. The summed E-state index contributed by atoms with van der Waals surface area (Å²) in [7, 11) is 1.36. The number of anilines is 2. The Labute approximate surface area is 124 Å². The minimum Gasteiger partial charge on any atom is -0.494 e. The summed E-state index contributed by atoms with van der Waals surface area (Å²) in [6, 6.07) is 7.11. The Bertz CT molecular complexity index is 659. The molecule has 0 aromatic heterocycles. The third kappa shape index (κ3) is 4.09. The minimum atomic E-state index is -0.726. The molecule has 110 valence electrons. The number of halogens is 3. The predicted octanol–water partition coefficient (Wildman–Crippen LogP) is 3.92. The van der Waals surface area contributed by atoms with Gasteiger partial charge in [0.05, 0.1) is 7.11 Å². The fourth-order valence-electron chi connectivity index (χ4n) is 1.66. The Balaban J connectivity index is 2.06. The van der Waals surface area contributed by atoms with Crippen LogP contribution >= 0.6 is 12.2 Å². The summed E-state index contributed by atoms with van der Waals surface area (Å²) >= 11 is 4.99. The zero-order chi connectivity index (χ0) is 15.4. The van der Waals surface area contributed by atoms with Crippen LogP contribution in [0.5, 0.6) is 5.75 Å². The van der Waals surface area contributed by atoms with E-state index in [1.165, 1.54) is 19.2 Å². The van der Waals surface area contributed by atoms with Crippen LogP contribution in [-0.2, 0) is 0 Å². The molecule has 0 fully saturated rings. The van der Waals surface area contributed by atoms with Crippen LogP contribution in [0.4, 0.5) is 24.5 Å². The van der Waals surface area contributed by atoms with Gasteiger partial charge in [-0.15, -0.1) is 0 Å². The molecule has 2 aromatic carbocycles. The number of thiocarbonyl (C=S) groups is 1. The Hall–Kier alpha value is -2.28. The van der Waals surface area contributed by atoms with E-state index in [1.807, 2.05) is 0 Å². The number of methoxy groups -OCH3 is 1. The van der Waals surface area contributed by atoms with Gasteiger partial charge >= 0.3 is 0 Å². The summed E-state index contributed by atoms with van der Waals surface area (Å²) in [5.41, 5.74) is 0.529. The molecule has 3 nitrogen and oxygen atoms in total. The molecule has 0 aliphatic carbocycles. The molecule has 0 atom stereocenters. The number of ether oxygens (including phenoxy) is 1.